The Balaban J connectivity index is 1.83. The number of hydrogen-bond acceptors (Lipinski definition) is 4. The first-order valence-corrected chi connectivity index (χ1v) is 7.62. The van der Waals surface area contributed by atoms with Crippen LogP contribution in [0.25, 0.3) is 0 Å². The minimum atomic E-state index is -4.57. The summed E-state index contributed by atoms with van der Waals surface area (Å²) in [5, 5.41) is 2.29. The number of alkyl halides is 3. The molecule has 0 unspecified atom stereocenters. The van der Waals surface area contributed by atoms with Crippen LogP contribution in [0.2, 0.25) is 0 Å². The lowest BCUT2D eigenvalue weighted by Crippen LogP contribution is -2.21. The molecule has 1 amide bonds. The number of anilines is 1. The Morgan fingerprint density at radius 3 is 2.76 bits per heavy atom. The van der Waals surface area contributed by atoms with E-state index < -0.39 is 17.6 Å². The summed E-state index contributed by atoms with van der Waals surface area (Å²) in [7, 11) is 0. The van der Waals surface area contributed by atoms with Crippen LogP contribution < -0.4 is 10.1 Å². The second kappa shape index (κ2) is 7.10. The van der Waals surface area contributed by atoms with Gasteiger partial charge in [-0.05, 0) is 24.3 Å². The van der Waals surface area contributed by atoms with E-state index in [0.717, 1.165) is 6.07 Å². The van der Waals surface area contributed by atoms with Crippen LogP contribution in [0, 0.1) is 0 Å². The zero-order chi connectivity index (χ0) is 17.9. The van der Waals surface area contributed by atoms with Gasteiger partial charge in [0.25, 0.3) is 5.91 Å². The van der Waals surface area contributed by atoms with Crippen LogP contribution in [-0.2, 0) is 10.9 Å². The maximum Gasteiger partial charge on any atom is 0.418 e. The first-order chi connectivity index (χ1) is 11.9. The van der Waals surface area contributed by atoms with Crippen molar-refractivity contribution >= 4 is 11.6 Å². The smallest absolute Gasteiger partial charge is 0.418 e. The molecule has 25 heavy (non-hydrogen) atoms. The fourth-order valence-corrected chi connectivity index (χ4v) is 2.45. The van der Waals surface area contributed by atoms with E-state index in [2.05, 4.69) is 10.3 Å². The number of pyridine rings is 1. The van der Waals surface area contributed by atoms with Crippen molar-refractivity contribution < 1.29 is 27.4 Å². The molecule has 0 radical (unpaired) electrons. The molecule has 8 heteroatoms. The normalized spacial score (nSPS) is 17.3. The molecule has 0 bridgehead atoms. The third-order valence-electron chi connectivity index (χ3n) is 3.66. The van der Waals surface area contributed by atoms with Crippen LogP contribution in [0.5, 0.6) is 5.88 Å². The molecule has 1 aromatic carbocycles. The molecule has 3 rings (SSSR count). The molecule has 5 nitrogen and oxygen atoms in total. The van der Waals surface area contributed by atoms with Crippen molar-refractivity contribution in [2.45, 2.75) is 18.7 Å². The third-order valence-corrected chi connectivity index (χ3v) is 3.66. The first kappa shape index (κ1) is 17.2. The van der Waals surface area contributed by atoms with Crippen molar-refractivity contribution in [1.82, 2.24) is 4.98 Å². The van der Waals surface area contributed by atoms with Crippen LogP contribution >= 0.6 is 0 Å². The van der Waals surface area contributed by atoms with Gasteiger partial charge in [0.1, 0.15) is 11.7 Å². The number of rotatable bonds is 4. The number of para-hydroxylation sites is 1. The Morgan fingerprint density at radius 2 is 2.04 bits per heavy atom. The molecule has 1 atom stereocenters. The topological polar surface area (TPSA) is 60.5 Å². The van der Waals surface area contributed by atoms with Gasteiger partial charge in [0.05, 0.1) is 24.5 Å². The van der Waals surface area contributed by atoms with Crippen LogP contribution in [-0.4, -0.2) is 30.2 Å². The average Bonchev–Trinajstić information content (AvgIpc) is 3.08. The highest BCUT2D eigenvalue weighted by atomic mass is 19.4. The van der Waals surface area contributed by atoms with E-state index in [0.29, 0.717) is 19.6 Å². The Kier molecular flexibility index (Phi) is 4.89. The molecule has 1 aliphatic rings. The highest BCUT2D eigenvalue weighted by Gasteiger charge is 2.34. The maximum absolute atomic E-state index is 13.0. The minimum absolute atomic E-state index is 0.0615. The molecule has 2 heterocycles. The number of halogens is 3. The SMILES string of the molecule is O=C(Nc1ccccc1C(F)(F)F)c1cccnc1O[C@H]1CCOC1. The number of nitrogens with zero attached hydrogens (tertiary/aromatic N) is 1. The molecule has 1 aromatic heterocycles. The molecule has 1 N–H and O–H groups in total. The molecule has 132 valence electrons. The Bertz CT molecular complexity index is 759. The molecule has 1 saturated heterocycles. The number of nitrogens with one attached hydrogen (secondary N) is 1. The first-order valence-electron chi connectivity index (χ1n) is 7.62. The van der Waals surface area contributed by atoms with Crippen LogP contribution in [0.3, 0.4) is 0 Å². The second-order valence-electron chi connectivity index (χ2n) is 5.46. The van der Waals surface area contributed by atoms with E-state index in [1.54, 1.807) is 0 Å². The molecule has 2 aromatic rings. The summed E-state index contributed by atoms with van der Waals surface area (Å²) in [6.45, 7) is 0.937. The van der Waals surface area contributed by atoms with Crippen LogP contribution in [0.4, 0.5) is 18.9 Å². The lowest BCUT2D eigenvalue weighted by Gasteiger charge is -2.16. The Hall–Kier alpha value is -2.61. The van der Waals surface area contributed by atoms with Crippen molar-refractivity contribution in [3.63, 3.8) is 0 Å². The van der Waals surface area contributed by atoms with Gasteiger partial charge in [0, 0.05) is 12.6 Å². The lowest BCUT2D eigenvalue weighted by molar-refractivity contribution is -0.136. The van der Waals surface area contributed by atoms with E-state index in [4.69, 9.17) is 9.47 Å². The predicted molar refractivity (Wildman–Crippen MR) is 83.5 cm³/mol. The fraction of sp³-hybridized carbons (Fsp3) is 0.294. The van der Waals surface area contributed by atoms with E-state index in [1.165, 1.54) is 36.5 Å². The number of hydrogen-bond donors (Lipinski definition) is 1. The van der Waals surface area contributed by atoms with Crippen molar-refractivity contribution in [1.29, 1.82) is 0 Å². The summed E-state index contributed by atoms with van der Waals surface area (Å²) in [4.78, 5) is 16.5. The van der Waals surface area contributed by atoms with Crippen molar-refractivity contribution in [3.8, 4) is 5.88 Å². The van der Waals surface area contributed by atoms with Gasteiger partial charge in [0.15, 0.2) is 0 Å². The van der Waals surface area contributed by atoms with E-state index in [-0.39, 0.29) is 23.2 Å². The molecular formula is C17H15F3N2O3. The third kappa shape index (κ3) is 4.08. The van der Waals surface area contributed by atoms with Gasteiger partial charge in [-0.25, -0.2) is 4.98 Å². The highest BCUT2D eigenvalue weighted by Crippen LogP contribution is 2.35. The molecular weight excluding hydrogens is 337 g/mol. The Morgan fingerprint density at radius 1 is 1.24 bits per heavy atom. The highest BCUT2D eigenvalue weighted by molar-refractivity contribution is 6.06. The van der Waals surface area contributed by atoms with Gasteiger partial charge in [-0.2, -0.15) is 13.2 Å². The lowest BCUT2D eigenvalue weighted by atomic mass is 10.1. The van der Waals surface area contributed by atoms with Gasteiger partial charge in [-0.1, -0.05) is 12.1 Å². The second-order valence-corrected chi connectivity index (χ2v) is 5.46. The number of carbonyl (C=O) groups excluding carboxylic acids is 1. The van der Waals surface area contributed by atoms with E-state index in [9.17, 15) is 18.0 Å². The Labute approximate surface area is 141 Å². The zero-order valence-electron chi connectivity index (χ0n) is 13.0. The van der Waals surface area contributed by atoms with Crippen molar-refractivity contribution in [2.75, 3.05) is 18.5 Å². The quantitative estimate of drug-likeness (QED) is 0.915. The van der Waals surface area contributed by atoms with Crippen LogP contribution in [0.15, 0.2) is 42.6 Å². The average molecular weight is 352 g/mol. The standard InChI is InChI=1S/C17H15F3N2O3/c18-17(19,20)13-5-1-2-6-14(13)22-15(23)12-4-3-8-21-16(12)25-11-7-9-24-10-11/h1-6,8,11H,7,9-10H2,(H,22,23)/t11-/m0/s1. The number of ether oxygens (including phenoxy) is 2. The number of amides is 1. The molecule has 1 aliphatic heterocycles. The van der Waals surface area contributed by atoms with E-state index >= 15 is 0 Å². The summed E-state index contributed by atoms with van der Waals surface area (Å²) in [5.74, 6) is -0.654. The minimum Gasteiger partial charge on any atom is -0.471 e. The van der Waals surface area contributed by atoms with E-state index in [1.807, 2.05) is 0 Å². The van der Waals surface area contributed by atoms with Gasteiger partial charge in [-0.3, -0.25) is 4.79 Å². The maximum atomic E-state index is 13.0. The largest absolute Gasteiger partial charge is 0.471 e. The summed E-state index contributed by atoms with van der Waals surface area (Å²) in [6.07, 6.45) is -2.69. The summed E-state index contributed by atoms with van der Waals surface area (Å²) >= 11 is 0. The fourth-order valence-electron chi connectivity index (χ4n) is 2.45. The monoisotopic (exact) mass is 352 g/mol. The molecule has 1 fully saturated rings. The zero-order valence-corrected chi connectivity index (χ0v) is 13.0. The van der Waals surface area contributed by atoms with Gasteiger partial charge < -0.3 is 14.8 Å². The molecule has 0 aliphatic carbocycles. The summed E-state index contributed by atoms with van der Waals surface area (Å²) in [6, 6.07) is 7.75. The molecule has 0 saturated carbocycles. The molecule has 0 spiro atoms. The van der Waals surface area contributed by atoms with Crippen molar-refractivity contribution in [2.24, 2.45) is 0 Å². The number of carbonyl (C=O) groups is 1. The van der Waals surface area contributed by atoms with Gasteiger partial charge in [0.2, 0.25) is 5.88 Å². The van der Waals surface area contributed by atoms with Gasteiger partial charge in [-0.15, -0.1) is 0 Å². The van der Waals surface area contributed by atoms with Gasteiger partial charge >= 0.3 is 6.18 Å². The number of benzene rings is 1. The predicted octanol–water partition coefficient (Wildman–Crippen LogP) is 3.52. The summed E-state index contributed by atoms with van der Waals surface area (Å²) < 4.78 is 50.0. The van der Waals surface area contributed by atoms with Crippen LogP contribution in [0.1, 0.15) is 22.3 Å². The van der Waals surface area contributed by atoms with Crippen molar-refractivity contribution in [3.05, 3.63) is 53.7 Å². The summed E-state index contributed by atoms with van der Waals surface area (Å²) in [5.41, 5.74) is -1.18. The number of aromatic nitrogens is 1.